The molecule has 2 aliphatic heterocycles. The number of halogens is 1. The van der Waals surface area contributed by atoms with E-state index in [0.717, 1.165) is 16.5 Å². The van der Waals surface area contributed by atoms with Gasteiger partial charge in [0, 0.05) is 54.0 Å². The van der Waals surface area contributed by atoms with Crippen LogP contribution >= 0.6 is 11.6 Å². The number of ether oxygens (including phenoxy) is 6. The van der Waals surface area contributed by atoms with Gasteiger partial charge in [-0.1, -0.05) is 80.8 Å². The number of likely N-dealkylation sites (N-methyl/N-ethyl adjacent to an activating group) is 1. The van der Waals surface area contributed by atoms with E-state index in [2.05, 4.69) is 16.2 Å². The van der Waals surface area contributed by atoms with Gasteiger partial charge in [-0.25, -0.2) is 0 Å². The number of benzene rings is 2. The highest BCUT2D eigenvalue weighted by molar-refractivity contribution is 6.31. The molecule has 0 amide bonds. The number of fused-ring (bicyclic) bond motifs is 1. The number of allylic oxidation sites excluding steroid dienone is 1. The average Bonchev–Trinajstić information content (AvgIpc) is 3.28. The molecule has 14 nitrogen and oxygen atoms in total. The van der Waals surface area contributed by atoms with E-state index in [-0.39, 0.29) is 31.6 Å². The number of aromatic nitrogens is 1. The molecule has 2 fully saturated rings. The van der Waals surface area contributed by atoms with Crippen molar-refractivity contribution in [3.05, 3.63) is 89.3 Å². The predicted octanol–water partition coefficient (Wildman–Crippen LogP) is 8.07. The predicted molar refractivity (Wildman–Crippen MR) is 253 cm³/mol. The number of pyridine rings is 1. The number of hydrogen-bond donors (Lipinski definition) is 2. The molecule has 2 aliphatic rings. The van der Waals surface area contributed by atoms with Crippen LogP contribution < -0.4 is 0 Å². The van der Waals surface area contributed by atoms with Gasteiger partial charge in [-0.3, -0.25) is 14.6 Å². The lowest BCUT2D eigenvalue weighted by molar-refractivity contribution is -0.303. The van der Waals surface area contributed by atoms with Crippen molar-refractivity contribution < 1.29 is 53.1 Å². The Balaban J connectivity index is 1.63. The van der Waals surface area contributed by atoms with E-state index in [1.54, 1.807) is 40.2 Å². The quantitative estimate of drug-likeness (QED) is 0.0961. The van der Waals surface area contributed by atoms with Gasteiger partial charge in [0.15, 0.2) is 12.4 Å². The fourth-order valence-corrected chi connectivity index (χ4v) is 9.84. The Labute approximate surface area is 395 Å². The summed E-state index contributed by atoms with van der Waals surface area (Å²) in [6.07, 6.45) is 0.155. The fraction of sp³-hybridized carbons (Fsp3) is 0.608. The summed E-state index contributed by atoms with van der Waals surface area (Å²) in [7, 11) is 5.42. The molecule has 0 unspecified atom stereocenters. The third kappa shape index (κ3) is 12.7. The first-order chi connectivity index (χ1) is 31.2. The zero-order chi connectivity index (χ0) is 48.5. The summed E-state index contributed by atoms with van der Waals surface area (Å²) in [4.78, 5) is 39.8. The standard InChI is InChI=1S/C51H72ClN3O11/c1-13-42-51(9,59)46(57)32(4)43(54-62-29-38-21-14-16-22-39(38)52)30(2)27-50(8,60-12)47(66-49-45(64-35(7)56)41(55(10)11)25-31(3)63-49)33(5)44(34(6)48(58)65-42)61-24-18-19-36-26-37-20-15-17-23-40(37)53-28-36/h14-18,20-24,26,28,30-34,41-42,44-47,49,57,59H,13,19,25,27,29H2,1-12H3/b24-18-,54-43+/t30-,31-,32+,33+,34-,41+,42-,44+,45-,46-,47-,49+,50-,51-/m1/s1. The third-order valence-corrected chi connectivity index (χ3v) is 13.8. The molecule has 0 aliphatic carbocycles. The van der Waals surface area contributed by atoms with E-state index < -0.39 is 83.6 Å². The van der Waals surface area contributed by atoms with Gasteiger partial charge < -0.3 is 48.4 Å². The van der Waals surface area contributed by atoms with Crippen LogP contribution in [-0.2, 0) is 55.9 Å². The van der Waals surface area contributed by atoms with Crippen molar-refractivity contribution in [1.82, 2.24) is 9.88 Å². The van der Waals surface area contributed by atoms with Gasteiger partial charge in [-0.2, -0.15) is 0 Å². The molecule has 2 saturated heterocycles. The number of oxime groups is 1. The summed E-state index contributed by atoms with van der Waals surface area (Å²) < 4.78 is 39.0. The van der Waals surface area contributed by atoms with Crippen LogP contribution in [0.5, 0.6) is 0 Å². The Morgan fingerprint density at radius 1 is 1.05 bits per heavy atom. The number of para-hydroxylation sites is 1. The van der Waals surface area contributed by atoms with Crippen molar-refractivity contribution in [2.24, 2.45) is 28.8 Å². The number of aliphatic hydroxyl groups is 2. The van der Waals surface area contributed by atoms with Crippen LogP contribution in [0, 0.1) is 23.7 Å². The Kier molecular flexibility index (Phi) is 18.6. The highest BCUT2D eigenvalue weighted by Crippen LogP contribution is 2.41. The van der Waals surface area contributed by atoms with Crippen molar-refractivity contribution >= 4 is 40.2 Å². The summed E-state index contributed by atoms with van der Waals surface area (Å²) in [5.41, 5.74) is -0.151. The van der Waals surface area contributed by atoms with Gasteiger partial charge in [-0.05, 0) is 97.3 Å². The Morgan fingerprint density at radius 2 is 1.74 bits per heavy atom. The first kappa shape index (κ1) is 52.8. The Hall–Kier alpha value is -4.15. The summed E-state index contributed by atoms with van der Waals surface area (Å²) in [5, 5.41) is 30.4. The number of esters is 2. The minimum atomic E-state index is -1.92. The zero-order valence-electron chi connectivity index (χ0n) is 40.7. The van der Waals surface area contributed by atoms with E-state index in [4.69, 9.17) is 44.9 Å². The molecule has 0 saturated carbocycles. The fourth-order valence-electron chi connectivity index (χ4n) is 9.65. The lowest BCUT2D eigenvalue weighted by Gasteiger charge is -2.49. The average molecular weight is 939 g/mol. The highest BCUT2D eigenvalue weighted by Gasteiger charge is 2.53. The molecule has 66 heavy (non-hydrogen) atoms. The second kappa shape index (κ2) is 23.2. The Morgan fingerprint density at radius 3 is 2.41 bits per heavy atom. The minimum absolute atomic E-state index is 0.0399. The summed E-state index contributed by atoms with van der Waals surface area (Å²) in [6.45, 7) is 15.8. The lowest BCUT2D eigenvalue weighted by atomic mass is 9.73. The van der Waals surface area contributed by atoms with E-state index in [1.807, 2.05) is 101 Å². The minimum Gasteiger partial charge on any atom is -0.497 e. The Bertz CT molecular complexity index is 2130. The maximum atomic E-state index is 14.5. The van der Waals surface area contributed by atoms with Crippen molar-refractivity contribution in [2.45, 2.75) is 155 Å². The van der Waals surface area contributed by atoms with Crippen LogP contribution in [0.1, 0.15) is 92.7 Å². The lowest BCUT2D eigenvalue weighted by Crippen LogP contribution is -2.61. The molecule has 15 heteroatoms. The topological polar surface area (TPSA) is 168 Å². The summed E-state index contributed by atoms with van der Waals surface area (Å²) in [5.74, 6) is -4.04. The molecule has 2 aromatic carbocycles. The molecular weight excluding hydrogens is 866 g/mol. The van der Waals surface area contributed by atoms with Gasteiger partial charge in [-0.15, -0.1) is 0 Å². The summed E-state index contributed by atoms with van der Waals surface area (Å²) >= 11 is 6.47. The molecule has 3 heterocycles. The number of cyclic esters (lactones) is 1. The molecule has 1 aromatic heterocycles. The van der Waals surface area contributed by atoms with Crippen LogP contribution in [0.3, 0.4) is 0 Å². The molecule has 3 aromatic rings. The second-order valence-electron chi connectivity index (χ2n) is 18.9. The van der Waals surface area contributed by atoms with Gasteiger partial charge in [0.25, 0.3) is 0 Å². The van der Waals surface area contributed by atoms with Crippen LogP contribution in [-0.4, -0.2) is 119 Å². The number of hydrogen-bond acceptors (Lipinski definition) is 14. The van der Waals surface area contributed by atoms with E-state index in [1.165, 1.54) is 13.8 Å². The van der Waals surface area contributed by atoms with Crippen molar-refractivity contribution in [3.8, 4) is 0 Å². The first-order valence-corrected chi connectivity index (χ1v) is 23.5. The number of carbonyl (C=O) groups excluding carboxylic acids is 2. The van der Waals surface area contributed by atoms with Gasteiger partial charge in [0.2, 0.25) is 0 Å². The largest absolute Gasteiger partial charge is 0.497 e. The maximum Gasteiger partial charge on any atom is 0.312 e. The molecule has 0 radical (unpaired) electrons. The van der Waals surface area contributed by atoms with Crippen LogP contribution in [0.2, 0.25) is 5.02 Å². The molecule has 5 rings (SSSR count). The van der Waals surface area contributed by atoms with Crippen LogP contribution in [0.4, 0.5) is 0 Å². The highest BCUT2D eigenvalue weighted by atomic mass is 35.5. The number of nitrogens with zero attached hydrogens (tertiary/aromatic N) is 3. The SMILES string of the molecule is CC[C@H]1OC(=O)[C@H](C)[C@@H](O/C=C\Cc2cnc3ccccc3c2)[C@H](C)[C@@H](O[C@@H]2O[C@H](C)C[C@H](N(C)C)[C@H]2OC(C)=O)[C@](C)(OC)C[C@@H](C)/C(=N\OCc2ccccc2Cl)[C@H](C)[C@@H](O)[C@]1(C)O. The zero-order valence-corrected chi connectivity index (χ0v) is 41.4. The van der Waals surface area contributed by atoms with E-state index in [9.17, 15) is 19.8 Å². The number of aliphatic hydroxyl groups excluding tert-OH is 1. The third-order valence-electron chi connectivity index (χ3n) is 13.5. The second-order valence-corrected chi connectivity index (χ2v) is 19.3. The van der Waals surface area contributed by atoms with Crippen molar-refractivity contribution in [2.75, 3.05) is 21.2 Å². The first-order valence-electron chi connectivity index (χ1n) is 23.1. The molecule has 364 valence electrons. The van der Waals surface area contributed by atoms with E-state index in [0.29, 0.717) is 29.1 Å². The maximum absolute atomic E-state index is 14.5. The van der Waals surface area contributed by atoms with Crippen molar-refractivity contribution in [1.29, 1.82) is 0 Å². The number of carbonyl (C=O) groups is 2. The number of rotatable bonds is 13. The molecule has 2 N–H and O–H groups in total. The molecule has 0 bridgehead atoms. The van der Waals surface area contributed by atoms with Crippen molar-refractivity contribution in [3.63, 3.8) is 0 Å². The van der Waals surface area contributed by atoms with Crippen LogP contribution in [0.15, 0.2) is 78.3 Å². The monoisotopic (exact) mass is 937 g/mol. The van der Waals surface area contributed by atoms with Gasteiger partial charge in [0.1, 0.15) is 24.4 Å². The molecular formula is C51H72ClN3O11. The normalized spacial score (nSPS) is 34.5. The smallest absolute Gasteiger partial charge is 0.312 e. The molecule has 14 atom stereocenters. The van der Waals surface area contributed by atoms with E-state index >= 15 is 0 Å². The summed E-state index contributed by atoms with van der Waals surface area (Å²) in [6, 6.07) is 17.0. The van der Waals surface area contributed by atoms with Gasteiger partial charge >= 0.3 is 11.9 Å². The number of methoxy groups -OCH3 is 1. The van der Waals surface area contributed by atoms with Gasteiger partial charge in [0.05, 0.1) is 53.4 Å². The molecule has 0 spiro atoms. The van der Waals surface area contributed by atoms with Crippen LogP contribution in [0.25, 0.3) is 10.9 Å².